The third-order valence-corrected chi connectivity index (χ3v) is 4.72. The van der Waals surface area contributed by atoms with Gasteiger partial charge in [-0.05, 0) is 44.8 Å². The number of piperidine rings is 1. The molecule has 1 saturated heterocycles. The molecule has 0 saturated carbocycles. The molecule has 0 bridgehead atoms. The van der Waals surface area contributed by atoms with Crippen LogP contribution in [0.25, 0.3) is 0 Å². The summed E-state index contributed by atoms with van der Waals surface area (Å²) in [5, 5.41) is 8.32. The molecular formula is C17H32N4. The second-order valence-corrected chi connectivity index (χ2v) is 6.19. The van der Waals surface area contributed by atoms with E-state index in [1.807, 2.05) is 0 Å². The van der Waals surface area contributed by atoms with Gasteiger partial charge in [-0.1, -0.05) is 27.2 Å². The van der Waals surface area contributed by atoms with Crippen molar-refractivity contribution in [2.45, 2.75) is 71.5 Å². The van der Waals surface area contributed by atoms with E-state index < -0.39 is 0 Å². The van der Waals surface area contributed by atoms with Crippen molar-refractivity contribution in [3.63, 3.8) is 0 Å². The van der Waals surface area contributed by atoms with Crippen LogP contribution in [-0.2, 0) is 6.54 Å². The highest BCUT2D eigenvalue weighted by molar-refractivity contribution is 5.01. The summed E-state index contributed by atoms with van der Waals surface area (Å²) in [5.41, 5.74) is 1.23. The van der Waals surface area contributed by atoms with E-state index in [0.717, 1.165) is 32.5 Å². The van der Waals surface area contributed by atoms with E-state index in [0.29, 0.717) is 12.1 Å². The van der Waals surface area contributed by atoms with Crippen LogP contribution in [0.3, 0.4) is 0 Å². The number of nitrogens with zero attached hydrogens (tertiary/aromatic N) is 3. The lowest BCUT2D eigenvalue weighted by atomic mass is 10.0. The smallest absolute Gasteiger partial charge is 0.0765 e. The van der Waals surface area contributed by atoms with Gasteiger partial charge in [-0.15, -0.1) is 0 Å². The van der Waals surface area contributed by atoms with Crippen molar-refractivity contribution in [3.05, 3.63) is 18.0 Å². The second kappa shape index (κ2) is 8.54. The van der Waals surface area contributed by atoms with E-state index in [9.17, 15) is 0 Å². The average Bonchev–Trinajstić information content (AvgIpc) is 2.96. The summed E-state index contributed by atoms with van der Waals surface area (Å²) in [4.78, 5) is 2.62. The van der Waals surface area contributed by atoms with Gasteiger partial charge >= 0.3 is 0 Å². The van der Waals surface area contributed by atoms with Crippen LogP contribution in [0.4, 0.5) is 0 Å². The van der Waals surface area contributed by atoms with E-state index >= 15 is 0 Å². The van der Waals surface area contributed by atoms with Crippen molar-refractivity contribution in [2.24, 2.45) is 0 Å². The Kier molecular flexibility index (Phi) is 6.71. The number of hydrogen-bond acceptors (Lipinski definition) is 3. The lowest BCUT2D eigenvalue weighted by Gasteiger charge is -2.35. The molecule has 0 amide bonds. The number of likely N-dealkylation sites (N-methyl/N-ethyl adjacent to an activating group) is 1. The van der Waals surface area contributed by atoms with Crippen LogP contribution in [-0.4, -0.2) is 40.4 Å². The topological polar surface area (TPSA) is 33.1 Å². The Hall–Kier alpha value is -0.870. The van der Waals surface area contributed by atoms with Crippen LogP contribution in [0.15, 0.2) is 12.3 Å². The molecule has 4 heteroatoms. The molecule has 1 aliphatic rings. The zero-order valence-corrected chi connectivity index (χ0v) is 14.0. The third kappa shape index (κ3) is 4.55. The van der Waals surface area contributed by atoms with Gasteiger partial charge < -0.3 is 5.32 Å². The van der Waals surface area contributed by atoms with Gasteiger partial charge in [-0.2, -0.15) is 5.10 Å². The largest absolute Gasteiger partial charge is 0.315 e. The molecule has 1 fully saturated rings. The maximum Gasteiger partial charge on any atom is 0.0765 e. The molecule has 1 N–H and O–H groups in total. The van der Waals surface area contributed by atoms with Gasteiger partial charge in [0.05, 0.1) is 11.7 Å². The first-order valence-electron chi connectivity index (χ1n) is 8.77. The fourth-order valence-corrected chi connectivity index (χ4v) is 3.35. The minimum absolute atomic E-state index is 0.553. The first kappa shape index (κ1) is 16.5. The van der Waals surface area contributed by atoms with Gasteiger partial charge in [0.15, 0.2) is 0 Å². The average molecular weight is 292 g/mol. The van der Waals surface area contributed by atoms with Gasteiger partial charge in [0.1, 0.15) is 0 Å². The summed E-state index contributed by atoms with van der Waals surface area (Å²) in [6.07, 6.45) is 8.50. The van der Waals surface area contributed by atoms with E-state index in [1.165, 1.54) is 31.5 Å². The first-order chi connectivity index (χ1) is 10.3. The van der Waals surface area contributed by atoms with Crippen LogP contribution >= 0.6 is 0 Å². The molecule has 21 heavy (non-hydrogen) atoms. The molecule has 4 nitrogen and oxygen atoms in total. The molecule has 0 aliphatic carbocycles. The summed E-state index contributed by atoms with van der Waals surface area (Å²) in [7, 11) is 0. The molecule has 120 valence electrons. The van der Waals surface area contributed by atoms with Crippen LogP contribution < -0.4 is 5.32 Å². The van der Waals surface area contributed by atoms with Crippen LogP contribution in [0.5, 0.6) is 0 Å². The Labute approximate surface area is 129 Å². The Morgan fingerprint density at radius 3 is 2.81 bits per heavy atom. The molecule has 0 radical (unpaired) electrons. The molecular weight excluding hydrogens is 260 g/mol. The van der Waals surface area contributed by atoms with Crippen molar-refractivity contribution < 1.29 is 0 Å². The van der Waals surface area contributed by atoms with Crippen LogP contribution in [0.1, 0.15) is 64.6 Å². The molecule has 1 aliphatic heterocycles. The first-order valence-corrected chi connectivity index (χ1v) is 8.77. The fraction of sp³-hybridized carbons (Fsp3) is 0.824. The Morgan fingerprint density at radius 1 is 1.29 bits per heavy atom. The summed E-state index contributed by atoms with van der Waals surface area (Å²) >= 11 is 0. The van der Waals surface area contributed by atoms with E-state index in [-0.39, 0.29) is 0 Å². The zero-order chi connectivity index (χ0) is 15.1. The summed E-state index contributed by atoms with van der Waals surface area (Å²) in [6.45, 7) is 11.1. The number of hydrogen-bond donors (Lipinski definition) is 1. The molecule has 2 heterocycles. The highest BCUT2D eigenvalue weighted by Crippen LogP contribution is 2.20. The van der Waals surface area contributed by atoms with E-state index in [4.69, 9.17) is 5.10 Å². The van der Waals surface area contributed by atoms with Crippen molar-refractivity contribution in [1.29, 1.82) is 0 Å². The molecule has 2 rings (SSSR count). The second-order valence-electron chi connectivity index (χ2n) is 6.19. The zero-order valence-electron chi connectivity index (χ0n) is 14.0. The third-order valence-electron chi connectivity index (χ3n) is 4.72. The number of rotatable bonds is 8. The van der Waals surface area contributed by atoms with Crippen molar-refractivity contribution in [1.82, 2.24) is 20.0 Å². The van der Waals surface area contributed by atoms with E-state index in [1.54, 1.807) is 0 Å². The maximum absolute atomic E-state index is 4.82. The Balaban J connectivity index is 1.95. The van der Waals surface area contributed by atoms with Crippen molar-refractivity contribution in [3.8, 4) is 0 Å². The van der Waals surface area contributed by atoms with Crippen molar-refractivity contribution in [2.75, 3.05) is 19.6 Å². The highest BCUT2D eigenvalue weighted by Gasteiger charge is 2.22. The SMILES string of the molecule is CCNCC1CCCCN1Cc1ccn(C(CC)CC)n1. The van der Waals surface area contributed by atoms with Gasteiger partial charge in [0.25, 0.3) is 0 Å². The predicted molar refractivity (Wildman–Crippen MR) is 88.4 cm³/mol. The minimum Gasteiger partial charge on any atom is -0.315 e. The van der Waals surface area contributed by atoms with Crippen LogP contribution in [0.2, 0.25) is 0 Å². The molecule has 0 spiro atoms. The van der Waals surface area contributed by atoms with Crippen molar-refractivity contribution >= 4 is 0 Å². The van der Waals surface area contributed by atoms with Gasteiger partial charge in [-0.25, -0.2) is 0 Å². The van der Waals surface area contributed by atoms with Gasteiger partial charge in [0.2, 0.25) is 0 Å². The molecule has 1 aromatic heterocycles. The molecule has 0 aromatic carbocycles. The Morgan fingerprint density at radius 2 is 2.10 bits per heavy atom. The molecule has 1 atom stereocenters. The minimum atomic E-state index is 0.553. The van der Waals surface area contributed by atoms with Gasteiger partial charge in [-0.3, -0.25) is 9.58 Å². The monoisotopic (exact) mass is 292 g/mol. The lowest BCUT2D eigenvalue weighted by Crippen LogP contribution is -2.45. The Bertz CT molecular complexity index is 397. The number of likely N-dealkylation sites (tertiary alicyclic amines) is 1. The predicted octanol–water partition coefficient (Wildman–Crippen LogP) is 3.21. The van der Waals surface area contributed by atoms with Crippen LogP contribution in [0, 0.1) is 0 Å². The molecule has 1 unspecified atom stereocenters. The number of aromatic nitrogens is 2. The maximum atomic E-state index is 4.82. The summed E-state index contributed by atoms with van der Waals surface area (Å²) < 4.78 is 2.17. The quantitative estimate of drug-likeness (QED) is 0.798. The fourth-order valence-electron chi connectivity index (χ4n) is 3.35. The highest BCUT2D eigenvalue weighted by atomic mass is 15.3. The van der Waals surface area contributed by atoms with Gasteiger partial charge in [0, 0.05) is 25.3 Å². The van der Waals surface area contributed by atoms with E-state index in [2.05, 4.69) is 47.9 Å². The summed E-state index contributed by atoms with van der Waals surface area (Å²) in [5.74, 6) is 0. The lowest BCUT2D eigenvalue weighted by molar-refractivity contribution is 0.136. The number of nitrogens with one attached hydrogen (secondary N) is 1. The standard InChI is InChI=1S/C17H32N4/c1-4-16(5-2)21-12-10-15(19-21)14-20-11-8-7-9-17(20)13-18-6-3/h10,12,16-18H,4-9,11,13-14H2,1-3H3. The molecule has 1 aromatic rings. The summed E-state index contributed by atoms with van der Waals surface area (Å²) in [6, 6.07) is 3.44. The normalized spacial score (nSPS) is 20.3.